The highest BCUT2D eigenvalue weighted by molar-refractivity contribution is 5.78. The minimum absolute atomic E-state index is 0.170. The molecule has 2 heterocycles. The summed E-state index contributed by atoms with van der Waals surface area (Å²) < 4.78 is 10.6. The second-order valence-corrected chi connectivity index (χ2v) is 5.48. The number of carbonyl (C=O) groups is 1. The zero-order chi connectivity index (χ0) is 14.7. The van der Waals surface area contributed by atoms with E-state index in [1.54, 1.807) is 0 Å². The number of nitrogens with zero attached hydrogens (tertiary/aromatic N) is 2. The summed E-state index contributed by atoms with van der Waals surface area (Å²) in [6.07, 6.45) is 0. The van der Waals surface area contributed by atoms with Gasteiger partial charge in [0.1, 0.15) is 0 Å². The number of piperazine rings is 1. The largest absolute Gasteiger partial charge is 0.454 e. The lowest BCUT2D eigenvalue weighted by Crippen LogP contribution is -2.49. The van der Waals surface area contributed by atoms with Gasteiger partial charge in [0.05, 0.1) is 6.54 Å². The van der Waals surface area contributed by atoms with Crippen LogP contribution in [0.1, 0.15) is 5.56 Å². The highest BCUT2D eigenvalue weighted by atomic mass is 16.7. The normalized spacial score (nSPS) is 18.0. The molecule has 1 amide bonds. The van der Waals surface area contributed by atoms with E-state index in [-0.39, 0.29) is 12.7 Å². The minimum Gasteiger partial charge on any atom is -0.454 e. The Balaban J connectivity index is 1.44. The summed E-state index contributed by atoms with van der Waals surface area (Å²) in [4.78, 5) is 16.2. The number of likely N-dealkylation sites (N-methyl/N-ethyl adjacent to an activating group) is 1. The van der Waals surface area contributed by atoms with Crippen molar-refractivity contribution in [1.29, 1.82) is 0 Å². The molecule has 0 bridgehead atoms. The van der Waals surface area contributed by atoms with Crippen molar-refractivity contribution >= 4 is 5.91 Å². The van der Waals surface area contributed by atoms with Crippen molar-refractivity contribution < 1.29 is 14.3 Å². The molecule has 1 fully saturated rings. The van der Waals surface area contributed by atoms with Crippen LogP contribution < -0.4 is 14.8 Å². The molecule has 0 spiro atoms. The molecule has 0 radical (unpaired) electrons. The molecule has 1 N–H and O–H groups in total. The van der Waals surface area contributed by atoms with E-state index in [4.69, 9.17) is 9.47 Å². The van der Waals surface area contributed by atoms with Crippen LogP contribution in [0.15, 0.2) is 18.2 Å². The molecule has 0 aliphatic carbocycles. The maximum Gasteiger partial charge on any atom is 0.236 e. The van der Waals surface area contributed by atoms with Crippen molar-refractivity contribution in [3.05, 3.63) is 23.8 Å². The van der Waals surface area contributed by atoms with Gasteiger partial charge in [-0.3, -0.25) is 4.79 Å². The summed E-state index contributed by atoms with van der Waals surface area (Å²) in [5.74, 6) is 1.73. The van der Waals surface area contributed by atoms with Crippen molar-refractivity contribution in [3.8, 4) is 11.5 Å². The zero-order valence-electron chi connectivity index (χ0n) is 12.3. The molecule has 0 atom stereocenters. The first-order valence-electron chi connectivity index (χ1n) is 7.28. The summed E-state index contributed by atoms with van der Waals surface area (Å²) in [6, 6.07) is 5.85. The third kappa shape index (κ3) is 3.46. The first-order chi connectivity index (χ1) is 10.2. The molecule has 6 heteroatoms. The van der Waals surface area contributed by atoms with Crippen LogP contribution in [-0.2, 0) is 11.3 Å². The van der Waals surface area contributed by atoms with Gasteiger partial charge in [0.2, 0.25) is 12.7 Å². The Morgan fingerprint density at radius 2 is 1.95 bits per heavy atom. The van der Waals surface area contributed by atoms with E-state index < -0.39 is 0 Å². The molecular weight excluding hydrogens is 270 g/mol. The van der Waals surface area contributed by atoms with Crippen molar-refractivity contribution in [2.75, 3.05) is 46.6 Å². The Labute approximate surface area is 124 Å². The summed E-state index contributed by atoms with van der Waals surface area (Å²) in [7, 11) is 2.08. The standard InChI is InChI=1S/C15H21N3O3/c1-17-4-6-18(7-5-17)15(19)10-16-9-12-2-3-13-14(8-12)21-11-20-13/h2-3,8,16H,4-7,9-11H2,1H3. The minimum atomic E-state index is 0.170. The van der Waals surface area contributed by atoms with Gasteiger partial charge < -0.3 is 24.6 Å². The van der Waals surface area contributed by atoms with Crippen LogP contribution in [0.5, 0.6) is 11.5 Å². The number of rotatable bonds is 4. The number of hydrogen-bond donors (Lipinski definition) is 1. The third-order valence-electron chi connectivity index (χ3n) is 3.90. The third-order valence-corrected chi connectivity index (χ3v) is 3.90. The maximum atomic E-state index is 12.1. The fourth-order valence-corrected chi connectivity index (χ4v) is 2.53. The molecule has 1 aromatic carbocycles. The topological polar surface area (TPSA) is 54.0 Å². The van der Waals surface area contributed by atoms with E-state index >= 15 is 0 Å². The predicted molar refractivity (Wildman–Crippen MR) is 78.3 cm³/mol. The van der Waals surface area contributed by atoms with Crippen LogP contribution in [0.2, 0.25) is 0 Å². The van der Waals surface area contributed by atoms with Gasteiger partial charge in [0.25, 0.3) is 0 Å². The number of nitrogens with one attached hydrogen (secondary N) is 1. The van der Waals surface area contributed by atoms with Crippen molar-refractivity contribution in [3.63, 3.8) is 0 Å². The molecule has 0 saturated carbocycles. The lowest BCUT2D eigenvalue weighted by Gasteiger charge is -2.32. The van der Waals surface area contributed by atoms with Gasteiger partial charge in [-0.05, 0) is 24.7 Å². The maximum absolute atomic E-state index is 12.1. The molecule has 6 nitrogen and oxygen atoms in total. The fraction of sp³-hybridized carbons (Fsp3) is 0.533. The van der Waals surface area contributed by atoms with Gasteiger partial charge >= 0.3 is 0 Å². The fourth-order valence-electron chi connectivity index (χ4n) is 2.53. The van der Waals surface area contributed by atoms with Crippen molar-refractivity contribution in [2.45, 2.75) is 6.54 Å². The average Bonchev–Trinajstić information content (AvgIpc) is 2.95. The lowest BCUT2D eigenvalue weighted by atomic mass is 10.2. The highest BCUT2D eigenvalue weighted by Gasteiger charge is 2.18. The Morgan fingerprint density at radius 3 is 2.76 bits per heavy atom. The molecule has 2 aliphatic heterocycles. The van der Waals surface area contributed by atoms with E-state index in [0.29, 0.717) is 13.1 Å². The monoisotopic (exact) mass is 291 g/mol. The van der Waals surface area contributed by atoms with Crippen LogP contribution >= 0.6 is 0 Å². The number of ether oxygens (including phenoxy) is 2. The van der Waals surface area contributed by atoms with Gasteiger partial charge in [0.15, 0.2) is 11.5 Å². The number of carbonyl (C=O) groups excluding carboxylic acids is 1. The summed E-state index contributed by atoms with van der Waals surface area (Å²) in [5.41, 5.74) is 1.09. The van der Waals surface area contributed by atoms with Gasteiger partial charge in [0, 0.05) is 32.7 Å². The molecule has 2 aliphatic rings. The number of hydrogen-bond acceptors (Lipinski definition) is 5. The van der Waals surface area contributed by atoms with Gasteiger partial charge in [-0.25, -0.2) is 0 Å². The quantitative estimate of drug-likeness (QED) is 0.863. The summed E-state index contributed by atoms with van der Waals surface area (Å²) in [5, 5.41) is 3.20. The first-order valence-corrected chi connectivity index (χ1v) is 7.28. The van der Waals surface area contributed by atoms with Gasteiger partial charge in [-0.1, -0.05) is 6.07 Å². The summed E-state index contributed by atoms with van der Waals surface area (Å²) >= 11 is 0. The second-order valence-electron chi connectivity index (χ2n) is 5.48. The van der Waals surface area contributed by atoms with Gasteiger partial charge in [-0.15, -0.1) is 0 Å². The van der Waals surface area contributed by atoms with Crippen LogP contribution in [0.25, 0.3) is 0 Å². The van der Waals surface area contributed by atoms with Crippen LogP contribution in [0, 0.1) is 0 Å². The van der Waals surface area contributed by atoms with Crippen LogP contribution in [0.3, 0.4) is 0 Å². The molecule has 3 rings (SSSR count). The van der Waals surface area contributed by atoms with E-state index in [9.17, 15) is 4.79 Å². The van der Waals surface area contributed by atoms with Crippen LogP contribution in [0.4, 0.5) is 0 Å². The second kappa shape index (κ2) is 6.32. The van der Waals surface area contributed by atoms with E-state index in [1.165, 1.54) is 0 Å². The van der Waals surface area contributed by atoms with E-state index in [1.807, 2.05) is 23.1 Å². The Bertz CT molecular complexity index is 513. The molecule has 1 saturated heterocycles. The molecule has 21 heavy (non-hydrogen) atoms. The predicted octanol–water partition coefficient (Wildman–Crippen LogP) is 0.279. The van der Waals surface area contributed by atoms with Crippen LogP contribution in [-0.4, -0.2) is 62.3 Å². The average molecular weight is 291 g/mol. The molecule has 114 valence electrons. The zero-order valence-corrected chi connectivity index (χ0v) is 12.3. The molecular formula is C15H21N3O3. The van der Waals surface area contributed by atoms with Crippen molar-refractivity contribution in [2.24, 2.45) is 0 Å². The SMILES string of the molecule is CN1CCN(C(=O)CNCc2ccc3c(c2)OCO3)CC1. The van der Waals surface area contributed by atoms with E-state index in [2.05, 4.69) is 17.3 Å². The number of amides is 1. The lowest BCUT2D eigenvalue weighted by molar-refractivity contribution is -0.131. The Hall–Kier alpha value is -1.79. The number of benzene rings is 1. The Kier molecular flexibility index (Phi) is 4.26. The number of fused-ring (bicyclic) bond motifs is 1. The Morgan fingerprint density at radius 1 is 1.19 bits per heavy atom. The smallest absolute Gasteiger partial charge is 0.236 e. The molecule has 1 aromatic rings. The summed E-state index contributed by atoms with van der Waals surface area (Å²) in [6.45, 7) is 4.85. The van der Waals surface area contributed by atoms with Gasteiger partial charge in [-0.2, -0.15) is 0 Å². The van der Waals surface area contributed by atoms with E-state index in [0.717, 1.165) is 43.2 Å². The molecule has 0 aromatic heterocycles. The first kappa shape index (κ1) is 14.2. The van der Waals surface area contributed by atoms with Crippen molar-refractivity contribution in [1.82, 2.24) is 15.1 Å². The molecule has 0 unspecified atom stereocenters. The highest BCUT2D eigenvalue weighted by Crippen LogP contribution is 2.32.